The van der Waals surface area contributed by atoms with E-state index >= 15 is 0 Å². The van der Waals surface area contributed by atoms with Gasteiger partial charge in [-0.15, -0.1) is 0 Å². The number of phenolic OH excluding ortho intramolecular Hbond substituents is 2. The zero-order valence-electron chi connectivity index (χ0n) is 12.1. The van der Waals surface area contributed by atoms with Crippen molar-refractivity contribution in [1.82, 2.24) is 0 Å². The molecule has 2 aromatic carbocycles. The number of hydrogen-bond donors (Lipinski definition) is 3. The van der Waals surface area contributed by atoms with Crippen molar-refractivity contribution < 1.29 is 24.5 Å². The highest BCUT2D eigenvalue weighted by Crippen LogP contribution is 2.42. The lowest BCUT2D eigenvalue weighted by Gasteiger charge is -2.11. The van der Waals surface area contributed by atoms with E-state index in [0.29, 0.717) is 28.7 Å². The van der Waals surface area contributed by atoms with Crippen LogP contribution in [0.4, 0.5) is 0 Å². The summed E-state index contributed by atoms with van der Waals surface area (Å²) in [5.74, 6) is 0.390. The number of aliphatic hydroxyl groups excluding tert-OH is 1. The monoisotopic (exact) mass is 300 g/mol. The van der Waals surface area contributed by atoms with Crippen LogP contribution in [0.3, 0.4) is 0 Å². The smallest absolute Gasteiger partial charge is 0.164 e. The maximum atomic E-state index is 10.4. The van der Waals surface area contributed by atoms with Crippen molar-refractivity contribution in [1.29, 1.82) is 0 Å². The Morgan fingerprint density at radius 1 is 1.23 bits per heavy atom. The van der Waals surface area contributed by atoms with Crippen molar-refractivity contribution in [2.24, 2.45) is 0 Å². The van der Waals surface area contributed by atoms with Crippen LogP contribution >= 0.6 is 0 Å². The predicted octanol–water partition coefficient (Wildman–Crippen LogP) is 3.10. The van der Waals surface area contributed by atoms with Gasteiger partial charge < -0.3 is 24.5 Å². The molecule has 1 aromatic heterocycles. The Bertz CT molecular complexity index is 876. The number of phenols is 2. The van der Waals surface area contributed by atoms with E-state index in [1.807, 2.05) is 0 Å². The Kier molecular flexibility index (Phi) is 3.42. The fourth-order valence-corrected chi connectivity index (χ4v) is 2.61. The van der Waals surface area contributed by atoms with Crippen molar-refractivity contribution in [3.63, 3.8) is 0 Å². The molecule has 5 nitrogen and oxygen atoms in total. The van der Waals surface area contributed by atoms with Gasteiger partial charge in [0.1, 0.15) is 16.9 Å². The van der Waals surface area contributed by atoms with Crippen molar-refractivity contribution >= 4 is 21.9 Å². The normalized spacial score (nSPS) is 11.2. The number of aliphatic hydroxyl groups is 1. The van der Waals surface area contributed by atoms with Gasteiger partial charge in [0.2, 0.25) is 0 Å². The molecule has 0 radical (unpaired) electrons. The maximum Gasteiger partial charge on any atom is 0.164 e. The van der Waals surface area contributed by atoms with Gasteiger partial charge in [-0.1, -0.05) is 6.58 Å². The van der Waals surface area contributed by atoms with Gasteiger partial charge in [-0.25, -0.2) is 0 Å². The molecular weight excluding hydrogens is 284 g/mol. The zero-order chi connectivity index (χ0) is 15.9. The number of benzene rings is 2. The largest absolute Gasteiger partial charge is 0.508 e. The third-order valence-electron chi connectivity index (χ3n) is 3.65. The van der Waals surface area contributed by atoms with Crippen molar-refractivity contribution in [2.45, 2.75) is 6.42 Å². The fraction of sp³-hybridized carbons (Fsp3) is 0.176. The molecule has 0 unspecified atom stereocenters. The van der Waals surface area contributed by atoms with Crippen LogP contribution in [0.2, 0.25) is 0 Å². The second-order valence-corrected chi connectivity index (χ2v) is 5.15. The molecule has 5 heteroatoms. The standard InChI is InChI=1S/C17H16O5/c1-9(8-18)5-12-16-11-4-3-10(19)6-13(11)22-14(16)7-15(21-2)17(12)20/h3-4,6-7,18-20H,1,5,8H2,2H3. The number of furan rings is 1. The van der Waals surface area contributed by atoms with E-state index in [9.17, 15) is 15.3 Å². The first-order chi connectivity index (χ1) is 10.5. The SMILES string of the molecule is C=C(CO)Cc1c(O)c(OC)cc2oc3cc(O)ccc3c12. The van der Waals surface area contributed by atoms with Crippen LogP contribution in [0.15, 0.2) is 40.8 Å². The second-order valence-electron chi connectivity index (χ2n) is 5.15. The molecule has 0 spiro atoms. The van der Waals surface area contributed by atoms with E-state index in [-0.39, 0.29) is 23.9 Å². The minimum absolute atomic E-state index is 0.000347. The maximum absolute atomic E-state index is 10.4. The Morgan fingerprint density at radius 3 is 2.68 bits per heavy atom. The first-order valence-electron chi connectivity index (χ1n) is 6.76. The summed E-state index contributed by atoms with van der Waals surface area (Å²) in [5.41, 5.74) is 2.20. The summed E-state index contributed by atoms with van der Waals surface area (Å²) in [6, 6.07) is 6.41. The highest BCUT2D eigenvalue weighted by molar-refractivity contribution is 6.08. The second kappa shape index (κ2) is 5.27. The Hall–Kier alpha value is -2.66. The van der Waals surface area contributed by atoms with Crippen LogP contribution in [0.25, 0.3) is 21.9 Å². The van der Waals surface area contributed by atoms with Gasteiger partial charge in [-0.2, -0.15) is 0 Å². The average Bonchev–Trinajstić information content (AvgIpc) is 2.86. The molecule has 3 aromatic rings. The van der Waals surface area contributed by atoms with Gasteiger partial charge >= 0.3 is 0 Å². The lowest BCUT2D eigenvalue weighted by molar-refractivity contribution is 0.328. The summed E-state index contributed by atoms with van der Waals surface area (Å²) in [7, 11) is 1.46. The highest BCUT2D eigenvalue weighted by atomic mass is 16.5. The van der Waals surface area contributed by atoms with Crippen LogP contribution in [0, 0.1) is 0 Å². The van der Waals surface area contributed by atoms with Crippen LogP contribution in [-0.4, -0.2) is 29.0 Å². The van der Waals surface area contributed by atoms with E-state index in [1.54, 1.807) is 18.2 Å². The van der Waals surface area contributed by atoms with E-state index in [2.05, 4.69) is 6.58 Å². The minimum atomic E-state index is -0.172. The molecule has 0 atom stereocenters. The number of ether oxygens (including phenoxy) is 1. The quantitative estimate of drug-likeness (QED) is 0.645. The summed E-state index contributed by atoms with van der Waals surface area (Å²) in [5, 5.41) is 30.7. The number of hydrogen-bond acceptors (Lipinski definition) is 5. The Labute approximate surface area is 126 Å². The molecule has 0 saturated heterocycles. The first kappa shape index (κ1) is 14.3. The van der Waals surface area contributed by atoms with Gasteiger partial charge in [-0.05, 0) is 24.1 Å². The molecule has 3 rings (SSSR count). The number of aromatic hydroxyl groups is 2. The van der Waals surface area contributed by atoms with Gasteiger partial charge in [-0.3, -0.25) is 0 Å². The van der Waals surface area contributed by atoms with E-state index < -0.39 is 0 Å². The summed E-state index contributed by atoms with van der Waals surface area (Å²) in [6.07, 6.45) is 0.297. The topological polar surface area (TPSA) is 83.1 Å². The molecule has 0 aliphatic carbocycles. The molecule has 0 aliphatic heterocycles. The third kappa shape index (κ3) is 2.16. The van der Waals surface area contributed by atoms with Crippen molar-refractivity contribution in [3.05, 3.63) is 42.0 Å². The Balaban J connectivity index is 2.38. The third-order valence-corrected chi connectivity index (χ3v) is 3.65. The van der Waals surface area contributed by atoms with Gasteiger partial charge in [0, 0.05) is 28.5 Å². The number of rotatable bonds is 4. The van der Waals surface area contributed by atoms with Crippen LogP contribution in [-0.2, 0) is 6.42 Å². The molecule has 0 fully saturated rings. The van der Waals surface area contributed by atoms with Crippen molar-refractivity contribution in [3.8, 4) is 17.2 Å². The molecule has 0 saturated carbocycles. The lowest BCUT2D eigenvalue weighted by atomic mass is 9.99. The van der Waals surface area contributed by atoms with E-state index in [0.717, 1.165) is 10.8 Å². The van der Waals surface area contributed by atoms with Crippen LogP contribution in [0.5, 0.6) is 17.2 Å². The lowest BCUT2D eigenvalue weighted by Crippen LogP contribution is -1.97. The molecule has 0 aliphatic rings. The number of methoxy groups -OCH3 is 1. The molecule has 3 N–H and O–H groups in total. The summed E-state index contributed by atoms with van der Waals surface area (Å²) in [4.78, 5) is 0. The molecule has 22 heavy (non-hydrogen) atoms. The van der Waals surface area contributed by atoms with E-state index in [4.69, 9.17) is 9.15 Å². The fourth-order valence-electron chi connectivity index (χ4n) is 2.61. The van der Waals surface area contributed by atoms with Crippen LogP contribution in [0.1, 0.15) is 5.56 Å². The summed E-state index contributed by atoms with van der Waals surface area (Å²) < 4.78 is 10.9. The average molecular weight is 300 g/mol. The van der Waals surface area contributed by atoms with Gasteiger partial charge in [0.05, 0.1) is 13.7 Å². The first-order valence-corrected chi connectivity index (χ1v) is 6.76. The molecule has 1 heterocycles. The van der Waals surface area contributed by atoms with E-state index in [1.165, 1.54) is 13.2 Å². The number of fused-ring (bicyclic) bond motifs is 3. The minimum Gasteiger partial charge on any atom is -0.508 e. The van der Waals surface area contributed by atoms with Gasteiger partial charge in [0.25, 0.3) is 0 Å². The summed E-state index contributed by atoms with van der Waals surface area (Å²) >= 11 is 0. The van der Waals surface area contributed by atoms with Gasteiger partial charge in [0.15, 0.2) is 11.5 Å². The molecular formula is C17H16O5. The summed E-state index contributed by atoms with van der Waals surface area (Å²) in [6.45, 7) is 3.61. The van der Waals surface area contributed by atoms with Crippen LogP contribution < -0.4 is 4.74 Å². The highest BCUT2D eigenvalue weighted by Gasteiger charge is 2.19. The Morgan fingerprint density at radius 2 is 2.00 bits per heavy atom. The molecule has 0 bridgehead atoms. The molecule has 0 amide bonds. The van der Waals surface area contributed by atoms with Crippen molar-refractivity contribution in [2.75, 3.05) is 13.7 Å². The predicted molar refractivity (Wildman–Crippen MR) is 83.5 cm³/mol. The molecule has 114 valence electrons. The zero-order valence-corrected chi connectivity index (χ0v) is 12.1.